The SMILES string of the molecule is CCn1cc(C(=O)OCc2cc(-c3ccccc3F)on2)c(=O)c2ccc(C)nc21. The van der Waals surface area contributed by atoms with Gasteiger partial charge in [0.05, 0.1) is 10.9 Å². The van der Waals surface area contributed by atoms with Gasteiger partial charge < -0.3 is 13.8 Å². The summed E-state index contributed by atoms with van der Waals surface area (Å²) in [6.45, 7) is 4.04. The molecule has 0 spiro atoms. The summed E-state index contributed by atoms with van der Waals surface area (Å²) >= 11 is 0. The number of hydrogen-bond donors (Lipinski definition) is 0. The van der Waals surface area contributed by atoms with Crippen molar-refractivity contribution in [3.8, 4) is 11.3 Å². The predicted molar refractivity (Wildman–Crippen MR) is 107 cm³/mol. The number of rotatable bonds is 5. The van der Waals surface area contributed by atoms with Gasteiger partial charge in [-0.2, -0.15) is 0 Å². The summed E-state index contributed by atoms with van der Waals surface area (Å²) in [5, 5.41) is 4.15. The van der Waals surface area contributed by atoms with Gasteiger partial charge in [0.25, 0.3) is 0 Å². The Kier molecular flexibility index (Phi) is 5.14. The first-order valence-electron chi connectivity index (χ1n) is 9.36. The number of hydrogen-bond acceptors (Lipinski definition) is 6. The lowest BCUT2D eigenvalue weighted by atomic mass is 10.1. The van der Waals surface area contributed by atoms with Gasteiger partial charge in [0.2, 0.25) is 5.43 Å². The standard InChI is InChI=1S/C22H18FN3O4/c1-3-26-11-17(20(27)16-9-8-13(2)24-21(16)26)22(28)29-12-14-10-19(30-25-14)15-6-4-5-7-18(15)23/h4-11H,3,12H2,1-2H3. The highest BCUT2D eigenvalue weighted by Crippen LogP contribution is 2.23. The molecule has 8 heteroatoms. The van der Waals surface area contributed by atoms with Gasteiger partial charge in [-0.1, -0.05) is 17.3 Å². The normalized spacial score (nSPS) is 11.0. The van der Waals surface area contributed by atoms with E-state index >= 15 is 0 Å². The Bertz CT molecular complexity index is 1310. The van der Waals surface area contributed by atoms with E-state index in [2.05, 4.69) is 10.1 Å². The Morgan fingerprint density at radius 2 is 2.03 bits per heavy atom. The van der Waals surface area contributed by atoms with Gasteiger partial charge in [-0.15, -0.1) is 0 Å². The van der Waals surface area contributed by atoms with E-state index in [9.17, 15) is 14.0 Å². The quantitative estimate of drug-likeness (QED) is 0.467. The maximum Gasteiger partial charge on any atom is 0.344 e. The van der Waals surface area contributed by atoms with Gasteiger partial charge in [0.1, 0.15) is 29.3 Å². The van der Waals surface area contributed by atoms with E-state index in [-0.39, 0.29) is 23.5 Å². The van der Waals surface area contributed by atoms with E-state index in [1.807, 2.05) is 13.8 Å². The number of nitrogens with zero attached hydrogens (tertiary/aromatic N) is 3. The van der Waals surface area contributed by atoms with Gasteiger partial charge in [-0.3, -0.25) is 4.79 Å². The summed E-state index contributed by atoms with van der Waals surface area (Å²) in [6.07, 6.45) is 1.45. The number of aromatic nitrogens is 3. The largest absolute Gasteiger partial charge is 0.455 e. The Labute approximate surface area is 170 Å². The smallest absolute Gasteiger partial charge is 0.344 e. The molecule has 1 aromatic carbocycles. The molecular weight excluding hydrogens is 389 g/mol. The summed E-state index contributed by atoms with van der Waals surface area (Å²) in [5.41, 5.74) is 1.31. The maximum absolute atomic E-state index is 13.9. The van der Waals surface area contributed by atoms with E-state index in [1.54, 1.807) is 34.9 Å². The third-order valence-corrected chi connectivity index (χ3v) is 4.67. The molecule has 7 nitrogen and oxygen atoms in total. The van der Waals surface area contributed by atoms with Crippen LogP contribution in [0.25, 0.3) is 22.4 Å². The van der Waals surface area contributed by atoms with Crippen molar-refractivity contribution < 1.29 is 18.4 Å². The average Bonchev–Trinajstić information content (AvgIpc) is 3.21. The van der Waals surface area contributed by atoms with Crippen molar-refractivity contribution in [1.82, 2.24) is 14.7 Å². The number of halogens is 1. The second kappa shape index (κ2) is 7.90. The van der Waals surface area contributed by atoms with Crippen molar-refractivity contribution in [2.75, 3.05) is 0 Å². The third-order valence-electron chi connectivity index (χ3n) is 4.67. The van der Waals surface area contributed by atoms with Crippen LogP contribution in [-0.2, 0) is 17.9 Å². The predicted octanol–water partition coefficient (Wildman–Crippen LogP) is 3.88. The summed E-state index contributed by atoms with van der Waals surface area (Å²) in [7, 11) is 0. The highest BCUT2D eigenvalue weighted by atomic mass is 19.1. The summed E-state index contributed by atoms with van der Waals surface area (Å²) < 4.78 is 26.0. The number of carbonyl (C=O) groups is 1. The molecule has 3 aromatic heterocycles. The van der Waals surface area contributed by atoms with Gasteiger partial charge in [-0.25, -0.2) is 14.2 Å². The average molecular weight is 407 g/mol. The first-order valence-corrected chi connectivity index (χ1v) is 9.36. The number of ether oxygens (including phenoxy) is 1. The van der Waals surface area contributed by atoms with E-state index in [0.717, 1.165) is 5.69 Å². The van der Waals surface area contributed by atoms with Crippen molar-refractivity contribution in [3.63, 3.8) is 0 Å². The number of pyridine rings is 2. The van der Waals surface area contributed by atoms with E-state index in [0.29, 0.717) is 23.3 Å². The number of fused-ring (bicyclic) bond motifs is 1. The molecule has 0 bridgehead atoms. The van der Waals surface area contributed by atoms with Crippen LogP contribution in [0.5, 0.6) is 0 Å². The van der Waals surface area contributed by atoms with Crippen LogP contribution in [-0.4, -0.2) is 20.7 Å². The molecule has 0 unspecified atom stereocenters. The van der Waals surface area contributed by atoms with Gasteiger partial charge >= 0.3 is 5.97 Å². The van der Waals surface area contributed by atoms with Crippen molar-refractivity contribution in [2.45, 2.75) is 27.0 Å². The first kappa shape index (κ1) is 19.5. The zero-order chi connectivity index (χ0) is 21.3. The molecule has 4 rings (SSSR count). The number of benzene rings is 1. The minimum Gasteiger partial charge on any atom is -0.455 e. The Morgan fingerprint density at radius 3 is 2.80 bits per heavy atom. The molecule has 0 radical (unpaired) electrons. The molecule has 0 saturated heterocycles. The summed E-state index contributed by atoms with van der Waals surface area (Å²) in [6, 6.07) is 11.0. The summed E-state index contributed by atoms with van der Waals surface area (Å²) in [4.78, 5) is 29.7. The minimum absolute atomic E-state index is 0.0900. The maximum atomic E-state index is 13.9. The van der Waals surface area contributed by atoms with Crippen LogP contribution in [0.1, 0.15) is 28.7 Å². The molecule has 152 valence electrons. The van der Waals surface area contributed by atoms with Crippen LogP contribution in [0.2, 0.25) is 0 Å². The molecule has 0 aliphatic carbocycles. The van der Waals surface area contributed by atoms with Crippen LogP contribution in [0.15, 0.2) is 58.0 Å². The van der Waals surface area contributed by atoms with Crippen LogP contribution in [0.4, 0.5) is 4.39 Å². The summed E-state index contributed by atoms with van der Waals surface area (Å²) in [5.74, 6) is -1.00. The lowest BCUT2D eigenvalue weighted by molar-refractivity contribution is 0.0462. The molecule has 0 fully saturated rings. The highest BCUT2D eigenvalue weighted by Gasteiger charge is 2.18. The molecule has 0 saturated carbocycles. The van der Waals surface area contributed by atoms with Crippen molar-refractivity contribution in [1.29, 1.82) is 0 Å². The highest BCUT2D eigenvalue weighted by molar-refractivity contribution is 5.93. The number of aryl methyl sites for hydroxylation is 2. The van der Waals surface area contributed by atoms with Crippen molar-refractivity contribution in [2.24, 2.45) is 0 Å². The number of carbonyl (C=O) groups excluding carboxylic acids is 1. The Morgan fingerprint density at radius 1 is 1.23 bits per heavy atom. The topological polar surface area (TPSA) is 87.2 Å². The lowest BCUT2D eigenvalue weighted by Gasteiger charge is -2.10. The Balaban J connectivity index is 1.57. The fourth-order valence-electron chi connectivity index (χ4n) is 3.13. The monoisotopic (exact) mass is 407 g/mol. The van der Waals surface area contributed by atoms with Crippen LogP contribution >= 0.6 is 0 Å². The van der Waals surface area contributed by atoms with Gasteiger partial charge in [0, 0.05) is 24.5 Å². The second-order valence-corrected chi connectivity index (χ2v) is 6.72. The first-order chi connectivity index (χ1) is 14.5. The molecule has 0 N–H and O–H groups in total. The fourth-order valence-corrected chi connectivity index (χ4v) is 3.13. The third kappa shape index (κ3) is 3.59. The zero-order valence-electron chi connectivity index (χ0n) is 16.4. The molecule has 30 heavy (non-hydrogen) atoms. The second-order valence-electron chi connectivity index (χ2n) is 6.72. The van der Waals surface area contributed by atoms with Crippen LogP contribution in [0, 0.1) is 12.7 Å². The van der Waals surface area contributed by atoms with Crippen molar-refractivity contribution in [3.05, 3.63) is 81.7 Å². The molecule has 0 aliphatic heterocycles. The Hall–Kier alpha value is -3.81. The molecule has 4 aromatic rings. The number of esters is 1. The molecule has 0 atom stereocenters. The van der Waals surface area contributed by atoms with E-state index < -0.39 is 17.2 Å². The van der Waals surface area contributed by atoms with Crippen molar-refractivity contribution >= 4 is 17.0 Å². The fraction of sp³-hybridized carbons (Fsp3) is 0.182. The lowest BCUT2D eigenvalue weighted by Crippen LogP contribution is -2.21. The van der Waals surface area contributed by atoms with E-state index in [4.69, 9.17) is 9.26 Å². The zero-order valence-corrected chi connectivity index (χ0v) is 16.4. The van der Waals surface area contributed by atoms with Crippen LogP contribution in [0.3, 0.4) is 0 Å². The molecule has 3 heterocycles. The van der Waals surface area contributed by atoms with Crippen LogP contribution < -0.4 is 5.43 Å². The van der Waals surface area contributed by atoms with E-state index in [1.165, 1.54) is 18.3 Å². The molecular formula is C22H18FN3O4. The van der Waals surface area contributed by atoms with Gasteiger partial charge in [-0.05, 0) is 38.1 Å². The minimum atomic E-state index is -0.778. The molecule has 0 aliphatic rings. The molecule has 0 amide bonds. The van der Waals surface area contributed by atoms with Gasteiger partial charge in [0.15, 0.2) is 5.76 Å².